The maximum Gasteiger partial charge on any atom is 0.293 e. The van der Waals surface area contributed by atoms with Crippen molar-refractivity contribution in [3.05, 3.63) is 90.1 Å². The third-order valence-corrected chi connectivity index (χ3v) is 7.64. The molecule has 0 N–H and O–H groups in total. The Morgan fingerprint density at radius 2 is 1.82 bits per heavy atom. The zero-order valence-electron chi connectivity index (χ0n) is 20.0. The number of benzene rings is 3. The van der Waals surface area contributed by atoms with Crippen LogP contribution in [0, 0.1) is 9.39 Å². The number of carbonyl (C=O) groups is 2. The molecule has 0 bridgehead atoms. The average molecular weight is 688 g/mol. The fourth-order valence-electron chi connectivity index (χ4n) is 3.52. The highest BCUT2D eigenvalue weighted by atomic mass is 127. The van der Waals surface area contributed by atoms with Crippen molar-refractivity contribution in [3.8, 4) is 17.2 Å². The Hall–Kier alpha value is -2.47. The summed E-state index contributed by atoms with van der Waals surface area (Å²) < 4.78 is 32.2. The van der Waals surface area contributed by atoms with E-state index < -0.39 is 11.7 Å². The minimum absolute atomic E-state index is 0.0854. The van der Waals surface area contributed by atoms with Crippen LogP contribution in [0.3, 0.4) is 0 Å². The molecule has 0 radical (unpaired) electrons. The van der Waals surface area contributed by atoms with Crippen LogP contribution in [0.1, 0.15) is 18.1 Å². The number of amides is 2. The van der Waals surface area contributed by atoms with Gasteiger partial charge in [-0.2, -0.15) is 0 Å². The van der Waals surface area contributed by atoms with Gasteiger partial charge in [-0.3, -0.25) is 14.5 Å². The predicted molar refractivity (Wildman–Crippen MR) is 156 cm³/mol. The second-order valence-corrected chi connectivity index (χ2v) is 10.9. The maximum atomic E-state index is 14.2. The Morgan fingerprint density at radius 1 is 1.05 bits per heavy atom. The summed E-state index contributed by atoms with van der Waals surface area (Å²) in [6, 6.07) is 14.8. The Kier molecular flexibility index (Phi) is 9.80. The lowest BCUT2D eigenvalue weighted by atomic mass is 10.1. The maximum absolute atomic E-state index is 14.2. The lowest BCUT2D eigenvalue weighted by Gasteiger charge is -2.16. The second kappa shape index (κ2) is 13.1. The van der Waals surface area contributed by atoms with Crippen molar-refractivity contribution in [2.45, 2.75) is 13.5 Å². The standard InChI is InChI=1S/C27H21Cl2FINO5S/c1-2-35-23-13-16(12-22(31)25(23)37-15-19-20(29)4-3-5-21(19)30)14-24-26(33)32(27(34)38-24)10-11-36-18-8-6-17(28)7-9-18/h3-9,12-14H,2,10-11,15H2,1H3/b24-14-. The van der Waals surface area contributed by atoms with Crippen molar-refractivity contribution in [3.63, 3.8) is 0 Å². The summed E-state index contributed by atoms with van der Waals surface area (Å²) in [6.45, 7) is 2.36. The number of rotatable bonds is 10. The van der Waals surface area contributed by atoms with E-state index in [2.05, 4.69) is 22.6 Å². The molecule has 1 saturated heterocycles. The molecule has 4 rings (SSSR count). The van der Waals surface area contributed by atoms with Gasteiger partial charge in [0.05, 0.1) is 26.6 Å². The molecule has 0 saturated carbocycles. The molecule has 0 unspecified atom stereocenters. The summed E-state index contributed by atoms with van der Waals surface area (Å²) in [4.78, 5) is 26.9. The predicted octanol–water partition coefficient (Wildman–Crippen LogP) is 7.83. The molecule has 38 heavy (non-hydrogen) atoms. The van der Waals surface area contributed by atoms with Crippen LogP contribution in [0.5, 0.6) is 17.2 Å². The molecule has 0 aromatic heterocycles. The lowest BCUT2D eigenvalue weighted by molar-refractivity contribution is -0.123. The molecule has 1 fully saturated rings. The number of nitrogens with zero attached hydrogens (tertiary/aromatic N) is 1. The number of hydrogen-bond acceptors (Lipinski definition) is 6. The molecule has 3 aromatic rings. The third kappa shape index (κ3) is 6.93. The largest absolute Gasteiger partial charge is 0.492 e. The van der Waals surface area contributed by atoms with Gasteiger partial charge >= 0.3 is 0 Å². The van der Waals surface area contributed by atoms with Crippen LogP contribution in [-0.2, 0) is 11.4 Å². The molecule has 3 aromatic carbocycles. The third-order valence-electron chi connectivity index (χ3n) is 5.32. The fourth-order valence-corrected chi connectivity index (χ4v) is 5.51. The van der Waals surface area contributed by atoms with Crippen LogP contribution >= 0.6 is 57.6 Å². The van der Waals surface area contributed by atoms with Gasteiger partial charge in [-0.05, 0) is 101 Å². The first-order valence-electron chi connectivity index (χ1n) is 11.4. The summed E-state index contributed by atoms with van der Waals surface area (Å²) in [6.07, 6.45) is 1.63. The van der Waals surface area contributed by atoms with Crippen molar-refractivity contribution >= 4 is 74.8 Å². The average Bonchev–Trinajstić information content (AvgIpc) is 3.13. The summed E-state index contributed by atoms with van der Waals surface area (Å²) >= 11 is 14.9. The van der Waals surface area contributed by atoms with E-state index in [0.717, 1.165) is 16.7 Å². The van der Waals surface area contributed by atoms with Gasteiger partial charge in [-0.1, -0.05) is 29.3 Å². The number of thioether (sulfide) groups is 1. The van der Waals surface area contributed by atoms with E-state index >= 15 is 0 Å². The summed E-state index contributed by atoms with van der Waals surface area (Å²) in [7, 11) is 0. The fraction of sp³-hybridized carbons (Fsp3) is 0.185. The number of imide groups is 1. The van der Waals surface area contributed by atoms with Gasteiger partial charge in [0.1, 0.15) is 24.8 Å². The molecule has 198 valence electrons. The molecule has 1 aliphatic rings. The van der Waals surface area contributed by atoms with Crippen molar-refractivity contribution < 1.29 is 28.2 Å². The Morgan fingerprint density at radius 3 is 2.53 bits per heavy atom. The summed E-state index contributed by atoms with van der Waals surface area (Å²) in [5.41, 5.74) is 0.891. The Balaban J connectivity index is 1.47. The molecule has 6 nitrogen and oxygen atoms in total. The van der Waals surface area contributed by atoms with E-state index in [4.69, 9.17) is 37.4 Å². The molecule has 1 aliphatic heterocycles. The molecule has 0 atom stereocenters. The van der Waals surface area contributed by atoms with Gasteiger partial charge < -0.3 is 14.2 Å². The Bertz CT molecular complexity index is 1370. The number of halogens is 4. The number of ether oxygens (including phenoxy) is 3. The zero-order valence-corrected chi connectivity index (χ0v) is 24.5. The van der Waals surface area contributed by atoms with Crippen molar-refractivity contribution in [2.24, 2.45) is 0 Å². The van der Waals surface area contributed by atoms with Gasteiger partial charge in [0.2, 0.25) is 0 Å². The van der Waals surface area contributed by atoms with E-state index in [1.54, 1.807) is 48.5 Å². The molecular formula is C27H21Cl2FINO5S. The van der Waals surface area contributed by atoms with Gasteiger partial charge in [0.15, 0.2) is 11.5 Å². The van der Waals surface area contributed by atoms with E-state index in [1.165, 1.54) is 12.1 Å². The number of carbonyl (C=O) groups excluding carboxylic acids is 2. The highest BCUT2D eigenvalue weighted by Crippen LogP contribution is 2.38. The number of hydrogen-bond donors (Lipinski definition) is 0. The second-order valence-electron chi connectivity index (χ2n) is 7.89. The van der Waals surface area contributed by atoms with Crippen molar-refractivity contribution in [2.75, 3.05) is 19.8 Å². The van der Waals surface area contributed by atoms with Crippen LogP contribution in [0.15, 0.2) is 59.5 Å². The quantitative estimate of drug-likeness (QED) is 0.160. The molecule has 1 heterocycles. The van der Waals surface area contributed by atoms with Crippen LogP contribution < -0.4 is 14.2 Å². The molecule has 0 spiro atoms. The van der Waals surface area contributed by atoms with Gasteiger partial charge in [0, 0.05) is 10.6 Å². The van der Waals surface area contributed by atoms with Gasteiger partial charge in [-0.25, -0.2) is 4.39 Å². The molecule has 0 aliphatic carbocycles. The lowest BCUT2D eigenvalue weighted by Crippen LogP contribution is -2.32. The van der Waals surface area contributed by atoms with E-state index in [1.807, 2.05) is 6.92 Å². The van der Waals surface area contributed by atoms with Crippen LogP contribution in [-0.4, -0.2) is 35.8 Å². The zero-order chi connectivity index (χ0) is 27.2. The normalized spacial score (nSPS) is 14.3. The first kappa shape index (κ1) is 28.5. The molecule has 2 amide bonds. The van der Waals surface area contributed by atoms with Crippen molar-refractivity contribution in [1.82, 2.24) is 4.90 Å². The highest BCUT2D eigenvalue weighted by molar-refractivity contribution is 14.1. The first-order chi connectivity index (χ1) is 18.3. The molecule has 11 heteroatoms. The van der Waals surface area contributed by atoms with Crippen LogP contribution in [0.2, 0.25) is 10.0 Å². The monoisotopic (exact) mass is 687 g/mol. The summed E-state index contributed by atoms with van der Waals surface area (Å²) in [5, 5.41) is 0.482. The van der Waals surface area contributed by atoms with Gasteiger partial charge in [0.25, 0.3) is 11.1 Å². The van der Waals surface area contributed by atoms with E-state index in [9.17, 15) is 14.0 Å². The SMILES string of the molecule is CCOc1cc(/C=C2\SC(=O)N(CCOc3ccc(Cl)cc3)C2=O)cc(I)c1OCc1c(F)cccc1Cl. The minimum Gasteiger partial charge on any atom is -0.492 e. The van der Waals surface area contributed by atoms with E-state index in [0.29, 0.717) is 38.0 Å². The highest BCUT2D eigenvalue weighted by Gasteiger charge is 2.35. The van der Waals surface area contributed by atoms with Gasteiger partial charge in [-0.15, -0.1) is 0 Å². The summed E-state index contributed by atoms with van der Waals surface area (Å²) in [5.74, 6) is 0.582. The smallest absolute Gasteiger partial charge is 0.293 e. The first-order valence-corrected chi connectivity index (χ1v) is 14.1. The van der Waals surface area contributed by atoms with E-state index in [-0.39, 0.29) is 40.5 Å². The Labute approximate surface area is 247 Å². The molecular weight excluding hydrogens is 667 g/mol. The minimum atomic E-state index is -0.462. The van der Waals surface area contributed by atoms with Crippen LogP contribution in [0.4, 0.5) is 9.18 Å². The topological polar surface area (TPSA) is 65.1 Å². The van der Waals surface area contributed by atoms with Crippen LogP contribution in [0.25, 0.3) is 6.08 Å². The van der Waals surface area contributed by atoms with Crippen molar-refractivity contribution in [1.29, 1.82) is 0 Å².